The van der Waals surface area contributed by atoms with Gasteiger partial charge in [-0.05, 0) is 24.5 Å². The zero-order valence-corrected chi connectivity index (χ0v) is 9.86. The highest BCUT2D eigenvalue weighted by Crippen LogP contribution is 2.37. The Bertz CT molecular complexity index is 593. The number of hydrogen-bond acceptors (Lipinski definition) is 2. The summed E-state index contributed by atoms with van der Waals surface area (Å²) >= 11 is 0. The second kappa shape index (κ2) is 4.08. The Hall–Kier alpha value is -1.91. The second-order valence-corrected chi connectivity index (χ2v) is 4.34. The number of ether oxygens (including phenoxy) is 1. The average molecular weight is 250 g/mol. The molecule has 0 N–H and O–H groups in total. The molecule has 1 heterocycles. The lowest BCUT2D eigenvalue weighted by Crippen LogP contribution is -2.09. The lowest BCUT2D eigenvalue weighted by atomic mass is 9.90. The first-order chi connectivity index (χ1) is 8.65. The summed E-state index contributed by atoms with van der Waals surface area (Å²) in [6, 6.07) is 5.21. The number of halogens is 2. The van der Waals surface area contributed by atoms with Crippen LogP contribution in [0.4, 0.5) is 8.78 Å². The summed E-state index contributed by atoms with van der Waals surface area (Å²) in [4.78, 5) is 0. The van der Waals surface area contributed by atoms with E-state index in [0.29, 0.717) is 6.42 Å². The van der Waals surface area contributed by atoms with E-state index in [1.54, 1.807) is 16.8 Å². The van der Waals surface area contributed by atoms with Gasteiger partial charge in [0.1, 0.15) is 5.75 Å². The van der Waals surface area contributed by atoms with Gasteiger partial charge in [0, 0.05) is 24.4 Å². The first kappa shape index (κ1) is 11.2. The molecule has 0 amide bonds. The van der Waals surface area contributed by atoms with Gasteiger partial charge in [-0.2, -0.15) is 13.9 Å². The van der Waals surface area contributed by atoms with Crippen molar-refractivity contribution < 1.29 is 13.5 Å². The fourth-order valence-electron chi connectivity index (χ4n) is 2.46. The highest BCUT2D eigenvalue weighted by molar-refractivity contribution is 5.71. The molecule has 1 aliphatic rings. The van der Waals surface area contributed by atoms with Gasteiger partial charge in [0.2, 0.25) is 0 Å². The average Bonchev–Trinajstić information content (AvgIpc) is 2.69. The van der Waals surface area contributed by atoms with Crippen LogP contribution in [-0.4, -0.2) is 16.4 Å². The van der Waals surface area contributed by atoms with Crippen molar-refractivity contribution in [3.8, 4) is 17.0 Å². The van der Waals surface area contributed by atoms with E-state index in [-0.39, 0.29) is 5.75 Å². The fraction of sp³-hybridized carbons (Fsp3) is 0.308. The minimum Gasteiger partial charge on any atom is -0.435 e. The Balaban J connectivity index is 2.12. The molecule has 1 aliphatic carbocycles. The molecule has 0 atom stereocenters. The van der Waals surface area contributed by atoms with Crippen LogP contribution in [0.15, 0.2) is 24.4 Å². The predicted molar refractivity (Wildman–Crippen MR) is 62.7 cm³/mol. The normalized spacial score (nSPS) is 13.3. The highest BCUT2D eigenvalue weighted by Gasteiger charge is 2.22. The van der Waals surface area contributed by atoms with Gasteiger partial charge >= 0.3 is 6.61 Å². The summed E-state index contributed by atoms with van der Waals surface area (Å²) in [5.41, 5.74) is 3.75. The molecule has 0 unspecified atom stereocenters. The molecule has 18 heavy (non-hydrogen) atoms. The van der Waals surface area contributed by atoms with Gasteiger partial charge in [-0.1, -0.05) is 12.1 Å². The molecule has 1 aromatic heterocycles. The Kier molecular flexibility index (Phi) is 2.54. The molecular formula is C13H12F2N2O. The highest BCUT2D eigenvalue weighted by atomic mass is 19.3. The van der Waals surface area contributed by atoms with Crippen molar-refractivity contribution in [1.82, 2.24) is 9.78 Å². The summed E-state index contributed by atoms with van der Waals surface area (Å²) < 4.78 is 31.0. The quantitative estimate of drug-likeness (QED) is 0.819. The third kappa shape index (κ3) is 1.75. The van der Waals surface area contributed by atoms with E-state index in [4.69, 9.17) is 0 Å². The number of alkyl halides is 2. The maximum atomic E-state index is 12.3. The summed E-state index contributed by atoms with van der Waals surface area (Å²) in [5.74, 6) is 0.263. The monoisotopic (exact) mass is 250 g/mol. The van der Waals surface area contributed by atoms with E-state index in [0.717, 1.165) is 28.8 Å². The van der Waals surface area contributed by atoms with Crippen LogP contribution in [0, 0.1) is 0 Å². The zero-order chi connectivity index (χ0) is 12.7. The molecule has 3 nitrogen and oxygen atoms in total. The van der Waals surface area contributed by atoms with E-state index in [9.17, 15) is 8.78 Å². The Labute approximate surface area is 103 Å². The summed E-state index contributed by atoms with van der Waals surface area (Å²) in [6.45, 7) is -2.79. The molecule has 1 aromatic carbocycles. The van der Waals surface area contributed by atoms with Crippen LogP contribution in [-0.2, 0) is 19.9 Å². The van der Waals surface area contributed by atoms with Gasteiger partial charge in [0.15, 0.2) is 0 Å². The maximum Gasteiger partial charge on any atom is 0.387 e. The number of nitrogens with zero attached hydrogens (tertiary/aromatic N) is 2. The van der Waals surface area contributed by atoms with Crippen LogP contribution >= 0.6 is 0 Å². The fourth-order valence-corrected chi connectivity index (χ4v) is 2.46. The number of fused-ring (bicyclic) bond motifs is 3. The van der Waals surface area contributed by atoms with Gasteiger partial charge in [-0.25, -0.2) is 0 Å². The zero-order valence-electron chi connectivity index (χ0n) is 9.86. The van der Waals surface area contributed by atoms with E-state index in [2.05, 4.69) is 9.84 Å². The lowest BCUT2D eigenvalue weighted by molar-refractivity contribution is -0.0504. The van der Waals surface area contributed by atoms with Gasteiger partial charge < -0.3 is 4.74 Å². The van der Waals surface area contributed by atoms with E-state index in [1.807, 2.05) is 19.3 Å². The van der Waals surface area contributed by atoms with Gasteiger partial charge in [0.25, 0.3) is 0 Å². The number of hydrogen-bond donors (Lipinski definition) is 0. The SMILES string of the molecule is Cn1cc2c(n1)-c1cccc(OC(F)F)c1CC2. The lowest BCUT2D eigenvalue weighted by Gasteiger charge is -2.18. The smallest absolute Gasteiger partial charge is 0.387 e. The van der Waals surface area contributed by atoms with Gasteiger partial charge in [-0.15, -0.1) is 0 Å². The van der Waals surface area contributed by atoms with Crippen LogP contribution < -0.4 is 4.74 Å². The number of rotatable bonds is 2. The van der Waals surface area contributed by atoms with Crippen LogP contribution in [0.25, 0.3) is 11.3 Å². The maximum absolute atomic E-state index is 12.3. The Morgan fingerprint density at radius 2 is 2.17 bits per heavy atom. The molecule has 0 spiro atoms. The molecule has 0 fully saturated rings. The van der Waals surface area contributed by atoms with Crippen LogP contribution in [0.2, 0.25) is 0 Å². The number of aromatic nitrogens is 2. The molecule has 0 aliphatic heterocycles. The second-order valence-electron chi connectivity index (χ2n) is 4.34. The van der Waals surface area contributed by atoms with Crippen molar-refractivity contribution in [3.63, 3.8) is 0 Å². The van der Waals surface area contributed by atoms with Crippen LogP contribution in [0.5, 0.6) is 5.75 Å². The molecule has 94 valence electrons. The third-order valence-corrected chi connectivity index (χ3v) is 3.15. The van der Waals surface area contributed by atoms with Crippen molar-refractivity contribution >= 4 is 0 Å². The number of aryl methyl sites for hydroxylation is 2. The molecule has 2 aromatic rings. The first-order valence-corrected chi connectivity index (χ1v) is 5.75. The minimum atomic E-state index is -2.79. The van der Waals surface area contributed by atoms with Crippen molar-refractivity contribution in [1.29, 1.82) is 0 Å². The molecule has 3 rings (SSSR count). The predicted octanol–water partition coefficient (Wildman–Crippen LogP) is 2.79. The molecule has 5 heteroatoms. The van der Waals surface area contributed by atoms with E-state index >= 15 is 0 Å². The van der Waals surface area contributed by atoms with Gasteiger partial charge in [0.05, 0.1) is 5.69 Å². The largest absolute Gasteiger partial charge is 0.435 e. The molecule has 0 bridgehead atoms. The van der Waals surface area contributed by atoms with Gasteiger partial charge in [-0.3, -0.25) is 4.68 Å². The van der Waals surface area contributed by atoms with E-state index < -0.39 is 6.61 Å². The third-order valence-electron chi connectivity index (χ3n) is 3.15. The van der Waals surface area contributed by atoms with Crippen LogP contribution in [0.1, 0.15) is 11.1 Å². The van der Waals surface area contributed by atoms with E-state index in [1.165, 1.54) is 0 Å². The minimum absolute atomic E-state index is 0.263. The Morgan fingerprint density at radius 1 is 1.33 bits per heavy atom. The molecule has 0 saturated carbocycles. The van der Waals surface area contributed by atoms with Crippen LogP contribution in [0.3, 0.4) is 0 Å². The van der Waals surface area contributed by atoms with Crippen molar-refractivity contribution in [2.45, 2.75) is 19.5 Å². The molecule has 0 saturated heterocycles. The van der Waals surface area contributed by atoms with Crippen molar-refractivity contribution in [3.05, 3.63) is 35.5 Å². The summed E-state index contributed by atoms with van der Waals surface area (Å²) in [5, 5.41) is 4.39. The topological polar surface area (TPSA) is 27.1 Å². The summed E-state index contributed by atoms with van der Waals surface area (Å²) in [7, 11) is 1.86. The summed E-state index contributed by atoms with van der Waals surface area (Å²) in [6.07, 6.45) is 3.48. The number of benzene rings is 1. The molecule has 0 radical (unpaired) electrons. The standard InChI is InChI=1S/C13H12F2N2O/c1-17-7-8-5-6-9-10(12(8)16-17)3-2-4-11(9)18-13(14)15/h2-4,7,13H,5-6H2,1H3. The Morgan fingerprint density at radius 3 is 2.94 bits per heavy atom. The molecular weight excluding hydrogens is 238 g/mol. The van der Waals surface area contributed by atoms with Crippen molar-refractivity contribution in [2.75, 3.05) is 0 Å². The van der Waals surface area contributed by atoms with Crippen molar-refractivity contribution in [2.24, 2.45) is 7.05 Å². The first-order valence-electron chi connectivity index (χ1n) is 5.75.